The van der Waals surface area contributed by atoms with Crippen LogP contribution >= 0.6 is 0 Å². The second-order valence-electron chi connectivity index (χ2n) is 2.16. The summed E-state index contributed by atoms with van der Waals surface area (Å²) in [5.74, 6) is 0. The molecule has 0 amide bonds. The van der Waals surface area contributed by atoms with Crippen LogP contribution in [0.5, 0.6) is 0 Å². The second-order valence-corrected chi connectivity index (χ2v) is 2.16. The minimum Gasteiger partial charge on any atom is -0.252 e. The van der Waals surface area contributed by atoms with E-state index < -0.39 is 0 Å². The number of unbranched alkanes of at least 4 members (excludes halogenated alkanes) is 1. The van der Waals surface area contributed by atoms with Gasteiger partial charge in [-0.3, -0.25) is 5.26 Å². The van der Waals surface area contributed by atoms with Crippen LogP contribution in [0, 0.1) is 6.92 Å². The Labute approximate surface area is 56.8 Å². The van der Waals surface area contributed by atoms with Gasteiger partial charge in [0.05, 0.1) is 6.10 Å². The first-order chi connectivity index (χ1) is 4.35. The van der Waals surface area contributed by atoms with E-state index in [0.29, 0.717) is 6.42 Å². The fourth-order valence-corrected chi connectivity index (χ4v) is 0.682. The fraction of sp³-hybridized carbons (Fsp3) is 0.857. The Morgan fingerprint density at radius 3 is 2.67 bits per heavy atom. The molecule has 0 aliphatic heterocycles. The number of hydrogen-bond donors (Lipinski definition) is 1. The summed E-state index contributed by atoms with van der Waals surface area (Å²) in [5.41, 5.74) is 0. The maximum atomic E-state index is 8.21. The first kappa shape index (κ1) is 8.92. The van der Waals surface area contributed by atoms with E-state index in [1.807, 2.05) is 0 Å². The summed E-state index contributed by atoms with van der Waals surface area (Å²) in [6, 6.07) is 0. The molecule has 1 unspecified atom stereocenters. The van der Waals surface area contributed by atoms with Gasteiger partial charge in [0.15, 0.2) is 0 Å². The molecular weight excluding hydrogens is 116 g/mol. The molecule has 0 spiro atoms. The van der Waals surface area contributed by atoms with Crippen LogP contribution in [0.4, 0.5) is 0 Å². The highest BCUT2D eigenvalue weighted by Crippen LogP contribution is 2.05. The van der Waals surface area contributed by atoms with Gasteiger partial charge < -0.3 is 0 Å². The summed E-state index contributed by atoms with van der Waals surface area (Å²) < 4.78 is 0. The molecule has 0 bridgehead atoms. The Bertz CT molecular complexity index is 50.9. The predicted octanol–water partition coefficient (Wildman–Crippen LogP) is 2.26. The topological polar surface area (TPSA) is 29.5 Å². The van der Waals surface area contributed by atoms with Crippen molar-refractivity contribution < 1.29 is 10.1 Å². The van der Waals surface area contributed by atoms with Crippen molar-refractivity contribution in [3.05, 3.63) is 6.92 Å². The van der Waals surface area contributed by atoms with E-state index in [1.54, 1.807) is 0 Å². The Morgan fingerprint density at radius 1 is 1.67 bits per heavy atom. The molecule has 0 aromatic heterocycles. The van der Waals surface area contributed by atoms with Crippen LogP contribution < -0.4 is 0 Å². The summed E-state index contributed by atoms with van der Waals surface area (Å²) in [4.78, 5) is 4.14. The lowest BCUT2D eigenvalue weighted by Crippen LogP contribution is -2.08. The first-order valence-corrected chi connectivity index (χ1v) is 3.44. The van der Waals surface area contributed by atoms with Crippen molar-refractivity contribution >= 4 is 0 Å². The van der Waals surface area contributed by atoms with Gasteiger partial charge >= 0.3 is 0 Å². The lowest BCUT2D eigenvalue weighted by molar-refractivity contribution is -0.279. The van der Waals surface area contributed by atoms with E-state index in [1.165, 1.54) is 0 Å². The van der Waals surface area contributed by atoms with Crippen LogP contribution in [0.2, 0.25) is 0 Å². The lowest BCUT2D eigenvalue weighted by Gasteiger charge is -2.08. The molecule has 0 rings (SSSR count). The average Bonchev–Trinajstić information content (AvgIpc) is 1.91. The van der Waals surface area contributed by atoms with Crippen LogP contribution in [0.3, 0.4) is 0 Å². The molecule has 0 fully saturated rings. The van der Waals surface area contributed by atoms with Gasteiger partial charge in [-0.2, -0.15) is 0 Å². The zero-order valence-electron chi connectivity index (χ0n) is 5.97. The Hall–Kier alpha value is -0.0800. The molecule has 1 atom stereocenters. The highest BCUT2D eigenvalue weighted by molar-refractivity contribution is 4.56. The average molecular weight is 131 g/mol. The standard InChI is InChI=1S/C7H15O2/c1-3-5-6-7(4-2)9-8/h7-8H,2-6H2,1H3. The zero-order chi connectivity index (χ0) is 7.11. The Morgan fingerprint density at radius 2 is 2.33 bits per heavy atom. The largest absolute Gasteiger partial charge is 0.252 e. The van der Waals surface area contributed by atoms with Crippen molar-refractivity contribution in [3.8, 4) is 0 Å². The summed E-state index contributed by atoms with van der Waals surface area (Å²) in [6.07, 6.45) is 3.75. The Kier molecular flexibility index (Phi) is 5.99. The molecule has 0 heterocycles. The molecule has 0 aromatic rings. The highest BCUT2D eigenvalue weighted by atomic mass is 17.1. The third-order valence-electron chi connectivity index (χ3n) is 1.35. The SMILES string of the molecule is [CH2]CC(CCCC)OO. The van der Waals surface area contributed by atoms with Crippen molar-refractivity contribution in [1.29, 1.82) is 0 Å². The third kappa shape index (κ3) is 4.43. The maximum Gasteiger partial charge on any atom is 0.0927 e. The Balaban J connectivity index is 3.09. The summed E-state index contributed by atoms with van der Waals surface area (Å²) in [7, 11) is 0. The van der Waals surface area contributed by atoms with E-state index in [0.717, 1.165) is 19.3 Å². The molecule has 1 N–H and O–H groups in total. The monoisotopic (exact) mass is 131 g/mol. The molecule has 1 radical (unpaired) electrons. The third-order valence-corrected chi connectivity index (χ3v) is 1.35. The first-order valence-electron chi connectivity index (χ1n) is 3.44. The van der Waals surface area contributed by atoms with Gasteiger partial charge in [-0.1, -0.05) is 26.7 Å². The van der Waals surface area contributed by atoms with Crippen molar-refractivity contribution in [1.82, 2.24) is 0 Å². The molecule has 0 saturated heterocycles. The van der Waals surface area contributed by atoms with Gasteiger partial charge in [-0.15, -0.1) is 0 Å². The van der Waals surface area contributed by atoms with E-state index in [2.05, 4.69) is 18.7 Å². The van der Waals surface area contributed by atoms with E-state index in [4.69, 9.17) is 5.26 Å². The van der Waals surface area contributed by atoms with Crippen LogP contribution in [0.15, 0.2) is 0 Å². The lowest BCUT2D eigenvalue weighted by atomic mass is 10.1. The fourth-order valence-electron chi connectivity index (χ4n) is 0.682. The minimum absolute atomic E-state index is 0.0510. The van der Waals surface area contributed by atoms with Crippen molar-refractivity contribution in [2.45, 2.75) is 38.7 Å². The van der Waals surface area contributed by atoms with E-state index >= 15 is 0 Å². The normalized spacial score (nSPS) is 13.7. The number of hydrogen-bond acceptors (Lipinski definition) is 2. The smallest absolute Gasteiger partial charge is 0.0927 e. The van der Waals surface area contributed by atoms with E-state index in [9.17, 15) is 0 Å². The molecule has 55 valence electrons. The molecule has 0 aliphatic rings. The van der Waals surface area contributed by atoms with Gasteiger partial charge in [-0.05, 0) is 12.8 Å². The van der Waals surface area contributed by atoms with Gasteiger partial charge in [0, 0.05) is 0 Å². The van der Waals surface area contributed by atoms with Gasteiger partial charge in [0.2, 0.25) is 0 Å². The predicted molar refractivity (Wildman–Crippen MR) is 37.0 cm³/mol. The molecule has 2 nitrogen and oxygen atoms in total. The molecule has 0 saturated carbocycles. The summed E-state index contributed by atoms with van der Waals surface area (Å²) in [5, 5.41) is 8.21. The molecule has 2 heteroatoms. The van der Waals surface area contributed by atoms with Crippen molar-refractivity contribution in [2.24, 2.45) is 0 Å². The minimum atomic E-state index is -0.0510. The zero-order valence-corrected chi connectivity index (χ0v) is 5.97. The quantitative estimate of drug-likeness (QED) is 0.458. The van der Waals surface area contributed by atoms with Gasteiger partial charge in [-0.25, -0.2) is 4.89 Å². The van der Waals surface area contributed by atoms with Gasteiger partial charge in [0.25, 0.3) is 0 Å². The summed E-state index contributed by atoms with van der Waals surface area (Å²) >= 11 is 0. The molecule has 0 aromatic carbocycles. The molecular formula is C7H15O2. The highest BCUT2D eigenvalue weighted by Gasteiger charge is 2.03. The summed E-state index contributed by atoms with van der Waals surface area (Å²) in [6.45, 7) is 5.73. The van der Waals surface area contributed by atoms with Crippen LogP contribution in [-0.4, -0.2) is 11.4 Å². The second kappa shape index (κ2) is 6.05. The molecule has 9 heavy (non-hydrogen) atoms. The number of rotatable bonds is 5. The van der Waals surface area contributed by atoms with E-state index in [-0.39, 0.29) is 6.10 Å². The van der Waals surface area contributed by atoms with Crippen molar-refractivity contribution in [2.75, 3.05) is 0 Å². The van der Waals surface area contributed by atoms with Crippen LogP contribution in [0.25, 0.3) is 0 Å². The van der Waals surface area contributed by atoms with Gasteiger partial charge in [0.1, 0.15) is 0 Å². The molecule has 0 aliphatic carbocycles. The van der Waals surface area contributed by atoms with Crippen LogP contribution in [-0.2, 0) is 4.89 Å². The van der Waals surface area contributed by atoms with Crippen LogP contribution in [0.1, 0.15) is 32.6 Å². The van der Waals surface area contributed by atoms with Crippen molar-refractivity contribution in [3.63, 3.8) is 0 Å². The maximum absolute atomic E-state index is 8.21.